The van der Waals surface area contributed by atoms with Crippen LogP contribution >= 0.6 is 0 Å². The lowest BCUT2D eigenvalue weighted by Crippen LogP contribution is -2.02. The van der Waals surface area contributed by atoms with Gasteiger partial charge in [0.1, 0.15) is 5.75 Å². The molecule has 0 fully saturated rings. The Bertz CT molecular complexity index is 848. The molecule has 0 aliphatic heterocycles. The minimum atomic E-state index is 0.917. The van der Waals surface area contributed by atoms with Gasteiger partial charge in [0.2, 0.25) is 0 Å². The molecule has 22 heavy (non-hydrogen) atoms. The van der Waals surface area contributed by atoms with E-state index in [2.05, 4.69) is 49.5 Å². The van der Waals surface area contributed by atoms with Gasteiger partial charge < -0.3 is 4.74 Å². The van der Waals surface area contributed by atoms with E-state index in [1.165, 1.54) is 22.3 Å². The molecule has 1 aliphatic carbocycles. The number of para-hydroxylation sites is 1. The van der Waals surface area contributed by atoms with E-state index in [0.717, 1.165) is 30.0 Å². The van der Waals surface area contributed by atoms with Crippen LogP contribution in [0.5, 0.6) is 5.75 Å². The summed E-state index contributed by atoms with van der Waals surface area (Å²) in [5, 5.41) is 4.85. The van der Waals surface area contributed by atoms with Gasteiger partial charge in [-0.1, -0.05) is 18.2 Å². The van der Waals surface area contributed by atoms with Crippen LogP contribution in [0.3, 0.4) is 0 Å². The predicted molar refractivity (Wildman–Crippen MR) is 87.7 cm³/mol. The Morgan fingerprint density at radius 3 is 2.68 bits per heavy atom. The van der Waals surface area contributed by atoms with Crippen LogP contribution in [0, 0.1) is 6.92 Å². The fourth-order valence-electron chi connectivity index (χ4n) is 3.17. The van der Waals surface area contributed by atoms with Crippen molar-refractivity contribution < 1.29 is 4.74 Å². The molecule has 3 nitrogen and oxygen atoms in total. The van der Waals surface area contributed by atoms with E-state index in [1.807, 2.05) is 10.7 Å². The lowest BCUT2D eigenvalue weighted by Gasteiger charge is -2.15. The van der Waals surface area contributed by atoms with Gasteiger partial charge in [-0.25, -0.2) is 4.68 Å². The average Bonchev–Trinajstić information content (AvgIpc) is 2.99. The zero-order valence-electron chi connectivity index (χ0n) is 12.8. The number of methoxy groups -OCH3 is 1. The first kappa shape index (κ1) is 13.1. The summed E-state index contributed by atoms with van der Waals surface area (Å²) in [5.74, 6) is 0.917. The molecule has 110 valence electrons. The van der Waals surface area contributed by atoms with E-state index in [-0.39, 0.29) is 0 Å². The third kappa shape index (κ3) is 2.01. The molecule has 0 amide bonds. The molecular weight excluding hydrogens is 272 g/mol. The Kier molecular flexibility index (Phi) is 3.00. The van der Waals surface area contributed by atoms with Gasteiger partial charge in [-0.3, -0.25) is 0 Å². The van der Waals surface area contributed by atoms with Crippen molar-refractivity contribution in [3.63, 3.8) is 0 Å². The van der Waals surface area contributed by atoms with Gasteiger partial charge in [-0.05, 0) is 60.7 Å². The Morgan fingerprint density at radius 1 is 1.05 bits per heavy atom. The van der Waals surface area contributed by atoms with Crippen molar-refractivity contribution in [2.75, 3.05) is 7.11 Å². The summed E-state index contributed by atoms with van der Waals surface area (Å²) in [6, 6.07) is 14.6. The number of nitrogens with zero attached hydrogens (tertiary/aromatic N) is 2. The van der Waals surface area contributed by atoms with Crippen LogP contribution in [0.25, 0.3) is 16.9 Å². The van der Waals surface area contributed by atoms with Crippen LogP contribution in [0.1, 0.15) is 16.7 Å². The highest BCUT2D eigenvalue weighted by molar-refractivity contribution is 5.70. The molecule has 0 spiro atoms. The summed E-state index contributed by atoms with van der Waals surface area (Å²) in [7, 11) is 1.71. The summed E-state index contributed by atoms with van der Waals surface area (Å²) in [5.41, 5.74) is 7.36. The van der Waals surface area contributed by atoms with Gasteiger partial charge in [0, 0.05) is 11.8 Å². The summed E-state index contributed by atoms with van der Waals surface area (Å²) >= 11 is 0. The smallest absolute Gasteiger partial charge is 0.119 e. The van der Waals surface area contributed by atoms with Crippen LogP contribution in [-0.4, -0.2) is 16.9 Å². The van der Waals surface area contributed by atoms with Crippen molar-refractivity contribution in [1.29, 1.82) is 0 Å². The molecule has 0 radical (unpaired) electrons. The third-order valence-corrected chi connectivity index (χ3v) is 4.38. The predicted octanol–water partition coefficient (Wildman–Crippen LogP) is 3.95. The Balaban J connectivity index is 1.84. The fraction of sp³-hybridized carbons (Fsp3) is 0.211. The normalized spacial score (nSPS) is 12.6. The SMILES string of the molecule is COc1ccc2c(c1)CCc1cn(-c3ccccc3C)nc1-2. The maximum Gasteiger partial charge on any atom is 0.119 e. The monoisotopic (exact) mass is 290 g/mol. The molecule has 3 heteroatoms. The number of hydrogen-bond acceptors (Lipinski definition) is 2. The molecular formula is C19H18N2O. The van der Waals surface area contributed by atoms with Crippen LogP contribution in [0.2, 0.25) is 0 Å². The first-order valence-corrected chi connectivity index (χ1v) is 7.58. The lowest BCUT2D eigenvalue weighted by atomic mass is 9.90. The van der Waals surface area contributed by atoms with Crippen LogP contribution < -0.4 is 4.74 Å². The van der Waals surface area contributed by atoms with Crippen molar-refractivity contribution in [3.8, 4) is 22.7 Å². The molecule has 1 aliphatic rings. The molecule has 0 saturated carbocycles. The van der Waals surface area contributed by atoms with E-state index in [0.29, 0.717) is 0 Å². The van der Waals surface area contributed by atoms with E-state index in [4.69, 9.17) is 9.84 Å². The number of hydrogen-bond donors (Lipinski definition) is 0. The average molecular weight is 290 g/mol. The first-order chi connectivity index (χ1) is 10.8. The number of rotatable bonds is 2. The zero-order valence-corrected chi connectivity index (χ0v) is 12.8. The number of aromatic nitrogens is 2. The molecule has 0 saturated heterocycles. The fourth-order valence-corrected chi connectivity index (χ4v) is 3.17. The zero-order chi connectivity index (χ0) is 15.1. The molecule has 0 bridgehead atoms. The maximum atomic E-state index is 5.33. The third-order valence-electron chi connectivity index (χ3n) is 4.38. The van der Waals surface area contributed by atoms with E-state index in [1.54, 1.807) is 7.11 Å². The van der Waals surface area contributed by atoms with E-state index < -0.39 is 0 Å². The van der Waals surface area contributed by atoms with Gasteiger partial charge in [-0.2, -0.15) is 5.10 Å². The molecule has 1 heterocycles. The maximum absolute atomic E-state index is 5.33. The quantitative estimate of drug-likeness (QED) is 0.714. The number of benzene rings is 2. The number of aryl methyl sites for hydroxylation is 3. The summed E-state index contributed by atoms with van der Waals surface area (Å²) < 4.78 is 7.35. The highest BCUT2D eigenvalue weighted by Gasteiger charge is 2.20. The largest absolute Gasteiger partial charge is 0.497 e. The van der Waals surface area contributed by atoms with E-state index >= 15 is 0 Å². The van der Waals surface area contributed by atoms with Gasteiger partial charge in [0.05, 0.1) is 18.5 Å². The van der Waals surface area contributed by atoms with E-state index in [9.17, 15) is 0 Å². The van der Waals surface area contributed by atoms with Crippen molar-refractivity contribution in [2.45, 2.75) is 19.8 Å². The highest BCUT2D eigenvalue weighted by atomic mass is 16.5. The standard InChI is InChI=1S/C19H18N2O/c1-13-5-3-4-6-18(13)21-12-15-8-7-14-11-16(22-2)9-10-17(14)19(15)20-21/h3-6,9-12H,7-8H2,1-2H3. The summed E-state index contributed by atoms with van der Waals surface area (Å²) in [6.45, 7) is 2.12. The molecule has 4 rings (SSSR count). The van der Waals surface area contributed by atoms with Crippen molar-refractivity contribution in [3.05, 3.63) is 65.4 Å². The minimum Gasteiger partial charge on any atom is -0.497 e. The summed E-state index contributed by atoms with van der Waals surface area (Å²) in [4.78, 5) is 0. The van der Waals surface area contributed by atoms with Crippen LogP contribution in [-0.2, 0) is 12.8 Å². The van der Waals surface area contributed by atoms with Crippen molar-refractivity contribution >= 4 is 0 Å². The van der Waals surface area contributed by atoms with Gasteiger partial charge in [-0.15, -0.1) is 0 Å². The van der Waals surface area contributed by atoms with Crippen molar-refractivity contribution in [2.24, 2.45) is 0 Å². The van der Waals surface area contributed by atoms with Crippen molar-refractivity contribution in [1.82, 2.24) is 9.78 Å². The highest BCUT2D eigenvalue weighted by Crippen LogP contribution is 2.35. The second-order valence-corrected chi connectivity index (χ2v) is 5.76. The van der Waals surface area contributed by atoms with Gasteiger partial charge >= 0.3 is 0 Å². The lowest BCUT2D eigenvalue weighted by molar-refractivity contribution is 0.414. The van der Waals surface area contributed by atoms with Gasteiger partial charge in [0.15, 0.2) is 0 Å². The Hall–Kier alpha value is -2.55. The molecule has 2 aromatic carbocycles. The van der Waals surface area contributed by atoms with Crippen LogP contribution in [0.15, 0.2) is 48.7 Å². The molecule has 0 atom stereocenters. The topological polar surface area (TPSA) is 27.1 Å². The second kappa shape index (κ2) is 5.02. The first-order valence-electron chi connectivity index (χ1n) is 7.58. The summed E-state index contributed by atoms with van der Waals surface area (Å²) in [6.07, 6.45) is 4.24. The number of ether oxygens (including phenoxy) is 1. The van der Waals surface area contributed by atoms with Crippen LogP contribution in [0.4, 0.5) is 0 Å². The molecule has 3 aromatic rings. The molecule has 0 unspecified atom stereocenters. The number of fused-ring (bicyclic) bond motifs is 3. The molecule has 0 N–H and O–H groups in total. The Labute approximate surface area is 130 Å². The minimum absolute atomic E-state index is 0.917. The van der Waals surface area contributed by atoms with Gasteiger partial charge in [0.25, 0.3) is 0 Å². The molecule has 1 aromatic heterocycles. The second-order valence-electron chi connectivity index (χ2n) is 5.76. The Morgan fingerprint density at radius 2 is 1.86 bits per heavy atom.